The molecule has 0 radical (unpaired) electrons. The predicted octanol–water partition coefficient (Wildman–Crippen LogP) is 2.23. The van der Waals surface area contributed by atoms with Gasteiger partial charge in [0.05, 0.1) is 16.6 Å². The molecule has 0 spiro atoms. The molecule has 3 N–H and O–H groups in total. The molecule has 1 heterocycles. The molecule has 0 amide bonds. The van der Waals surface area contributed by atoms with E-state index in [0.29, 0.717) is 16.9 Å². The Morgan fingerprint density at radius 1 is 1.14 bits per heavy atom. The van der Waals surface area contributed by atoms with Crippen molar-refractivity contribution in [3.63, 3.8) is 0 Å². The molecule has 21 heavy (non-hydrogen) atoms. The molecule has 0 unspecified atom stereocenters. The molecule has 3 aromatic rings. The Balaban J connectivity index is 2.41. The molecular weight excluding hydrogens is 264 g/mol. The SMILES string of the molecule is CCc1ccccc1-n1c(NN)nc2ccccc2c1=O. The summed E-state index contributed by atoms with van der Waals surface area (Å²) >= 11 is 0. The molecule has 0 bridgehead atoms. The van der Waals surface area contributed by atoms with Gasteiger partial charge in [0, 0.05) is 0 Å². The van der Waals surface area contributed by atoms with Crippen molar-refractivity contribution in [1.29, 1.82) is 0 Å². The van der Waals surface area contributed by atoms with Crippen molar-refractivity contribution in [2.24, 2.45) is 5.84 Å². The van der Waals surface area contributed by atoms with Gasteiger partial charge >= 0.3 is 0 Å². The Morgan fingerprint density at radius 2 is 1.86 bits per heavy atom. The van der Waals surface area contributed by atoms with Crippen LogP contribution in [0.3, 0.4) is 0 Å². The summed E-state index contributed by atoms with van der Waals surface area (Å²) in [5, 5.41) is 0.572. The van der Waals surface area contributed by atoms with Gasteiger partial charge in [0.15, 0.2) is 0 Å². The topological polar surface area (TPSA) is 72.9 Å². The number of hydrogen-bond acceptors (Lipinski definition) is 4. The van der Waals surface area contributed by atoms with Crippen LogP contribution in [0.5, 0.6) is 0 Å². The zero-order chi connectivity index (χ0) is 14.8. The number of aromatic nitrogens is 2. The highest BCUT2D eigenvalue weighted by Crippen LogP contribution is 2.19. The largest absolute Gasteiger partial charge is 0.293 e. The van der Waals surface area contributed by atoms with Gasteiger partial charge < -0.3 is 0 Å². The zero-order valence-corrected chi connectivity index (χ0v) is 11.7. The first-order valence-corrected chi connectivity index (χ1v) is 6.83. The Kier molecular flexibility index (Phi) is 3.41. The van der Waals surface area contributed by atoms with E-state index in [0.717, 1.165) is 17.7 Å². The van der Waals surface area contributed by atoms with E-state index < -0.39 is 0 Å². The molecule has 5 heteroatoms. The number of fused-ring (bicyclic) bond motifs is 1. The highest BCUT2D eigenvalue weighted by Gasteiger charge is 2.13. The first-order chi connectivity index (χ1) is 10.3. The molecule has 0 aliphatic rings. The van der Waals surface area contributed by atoms with E-state index in [9.17, 15) is 4.79 Å². The number of nitrogens with one attached hydrogen (secondary N) is 1. The Bertz CT molecular complexity index is 854. The van der Waals surface area contributed by atoms with Gasteiger partial charge in [-0.1, -0.05) is 37.3 Å². The molecule has 0 fully saturated rings. The third-order valence-corrected chi connectivity index (χ3v) is 3.52. The van der Waals surface area contributed by atoms with Crippen LogP contribution in [0.25, 0.3) is 16.6 Å². The van der Waals surface area contributed by atoms with E-state index in [-0.39, 0.29) is 5.56 Å². The predicted molar refractivity (Wildman–Crippen MR) is 84.5 cm³/mol. The van der Waals surface area contributed by atoms with Crippen LogP contribution in [0.1, 0.15) is 12.5 Å². The van der Waals surface area contributed by atoms with Gasteiger partial charge in [-0.3, -0.25) is 10.2 Å². The van der Waals surface area contributed by atoms with Crippen molar-refractivity contribution in [1.82, 2.24) is 9.55 Å². The highest BCUT2D eigenvalue weighted by atomic mass is 16.1. The minimum Gasteiger partial charge on any atom is -0.293 e. The molecule has 0 saturated heterocycles. The summed E-state index contributed by atoms with van der Waals surface area (Å²) in [5.41, 5.74) is 4.89. The lowest BCUT2D eigenvalue weighted by atomic mass is 10.1. The standard InChI is InChI=1S/C16H16N4O/c1-2-11-7-3-6-10-14(11)20-15(21)12-8-4-5-9-13(12)18-16(20)19-17/h3-10H,2,17H2,1H3,(H,18,19). The monoisotopic (exact) mass is 280 g/mol. The molecule has 3 rings (SSSR count). The number of hydrogen-bond donors (Lipinski definition) is 2. The van der Waals surface area contributed by atoms with Gasteiger partial charge in [0.25, 0.3) is 5.56 Å². The first kappa shape index (κ1) is 13.3. The molecule has 1 aromatic heterocycles. The number of nitrogens with two attached hydrogens (primary N) is 1. The third kappa shape index (κ3) is 2.17. The minimum atomic E-state index is -0.130. The van der Waals surface area contributed by atoms with Crippen molar-refractivity contribution in [3.8, 4) is 5.69 Å². The maximum atomic E-state index is 12.8. The van der Waals surface area contributed by atoms with Crippen LogP contribution in [0.15, 0.2) is 53.3 Å². The highest BCUT2D eigenvalue weighted by molar-refractivity contribution is 5.79. The molecular formula is C16H16N4O. The van der Waals surface area contributed by atoms with E-state index in [2.05, 4.69) is 10.4 Å². The average molecular weight is 280 g/mol. The number of rotatable bonds is 3. The summed E-state index contributed by atoms with van der Waals surface area (Å²) in [4.78, 5) is 17.2. The molecule has 5 nitrogen and oxygen atoms in total. The fourth-order valence-corrected chi connectivity index (χ4v) is 2.48. The summed E-state index contributed by atoms with van der Waals surface area (Å²) in [6.07, 6.45) is 0.819. The number of nitrogen functional groups attached to an aromatic ring is 1. The van der Waals surface area contributed by atoms with Crippen LogP contribution in [-0.2, 0) is 6.42 Å². The number of nitrogens with zero attached hydrogens (tertiary/aromatic N) is 2. The quantitative estimate of drug-likeness (QED) is 0.570. The number of para-hydroxylation sites is 2. The second-order valence-corrected chi connectivity index (χ2v) is 4.72. The molecule has 0 aliphatic heterocycles. The van der Waals surface area contributed by atoms with Gasteiger partial charge in [-0.05, 0) is 30.2 Å². The maximum Gasteiger partial charge on any atom is 0.267 e. The second-order valence-electron chi connectivity index (χ2n) is 4.72. The number of aryl methyl sites for hydroxylation is 1. The lowest BCUT2D eigenvalue weighted by Gasteiger charge is -2.15. The summed E-state index contributed by atoms with van der Waals surface area (Å²) in [6, 6.07) is 15.0. The minimum absolute atomic E-state index is 0.130. The van der Waals surface area contributed by atoms with Crippen molar-refractivity contribution < 1.29 is 0 Å². The van der Waals surface area contributed by atoms with Crippen molar-refractivity contribution in [3.05, 3.63) is 64.4 Å². The maximum absolute atomic E-state index is 12.8. The summed E-state index contributed by atoms with van der Waals surface area (Å²) < 4.78 is 1.53. The molecule has 106 valence electrons. The van der Waals surface area contributed by atoms with E-state index >= 15 is 0 Å². The van der Waals surface area contributed by atoms with E-state index in [1.54, 1.807) is 12.1 Å². The van der Waals surface area contributed by atoms with Crippen LogP contribution in [-0.4, -0.2) is 9.55 Å². The zero-order valence-electron chi connectivity index (χ0n) is 11.7. The van der Waals surface area contributed by atoms with Crippen LogP contribution < -0.4 is 16.8 Å². The van der Waals surface area contributed by atoms with Gasteiger partial charge in [-0.2, -0.15) is 0 Å². The lowest BCUT2D eigenvalue weighted by molar-refractivity contribution is 0.931. The van der Waals surface area contributed by atoms with Crippen molar-refractivity contribution in [2.75, 3.05) is 5.43 Å². The van der Waals surface area contributed by atoms with Gasteiger partial charge in [0.1, 0.15) is 0 Å². The number of anilines is 1. The number of hydrazine groups is 1. The third-order valence-electron chi connectivity index (χ3n) is 3.52. The normalized spacial score (nSPS) is 10.8. The smallest absolute Gasteiger partial charge is 0.267 e. The fourth-order valence-electron chi connectivity index (χ4n) is 2.48. The Morgan fingerprint density at radius 3 is 2.62 bits per heavy atom. The molecule has 2 aromatic carbocycles. The average Bonchev–Trinajstić information content (AvgIpc) is 2.54. The Labute approximate surface area is 122 Å². The Hall–Kier alpha value is -2.66. The summed E-state index contributed by atoms with van der Waals surface area (Å²) in [5.74, 6) is 5.90. The van der Waals surface area contributed by atoms with Gasteiger partial charge in [-0.15, -0.1) is 0 Å². The molecule has 0 saturated carbocycles. The van der Waals surface area contributed by atoms with Crippen LogP contribution in [0, 0.1) is 0 Å². The van der Waals surface area contributed by atoms with Crippen LogP contribution in [0.4, 0.5) is 5.95 Å². The van der Waals surface area contributed by atoms with Crippen molar-refractivity contribution in [2.45, 2.75) is 13.3 Å². The molecule has 0 aliphatic carbocycles. The summed E-state index contributed by atoms with van der Waals surface area (Å²) in [7, 11) is 0. The molecule has 0 atom stereocenters. The van der Waals surface area contributed by atoms with Crippen LogP contribution >= 0.6 is 0 Å². The fraction of sp³-hybridized carbons (Fsp3) is 0.125. The van der Waals surface area contributed by atoms with Crippen LogP contribution in [0.2, 0.25) is 0 Å². The van der Waals surface area contributed by atoms with E-state index in [4.69, 9.17) is 5.84 Å². The lowest BCUT2D eigenvalue weighted by Crippen LogP contribution is -2.26. The van der Waals surface area contributed by atoms with Crippen molar-refractivity contribution >= 4 is 16.9 Å². The van der Waals surface area contributed by atoms with E-state index in [1.807, 2.05) is 43.3 Å². The van der Waals surface area contributed by atoms with E-state index in [1.165, 1.54) is 4.57 Å². The second kappa shape index (κ2) is 5.38. The first-order valence-electron chi connectivity index (χ1n) is 6.83. The van der Waals surface area contributed by atoms with Gasteiger partial charge in [0.2, 0.25) is 5.95 Å². The number of benzene rings is 2. The van der Waals surface area contributed by atoms with Gasteiger partial charge in [-0.25, -0.2) is 15.4 Å². The summed E-state index contributed by atoms with van der Waals surface area (Å²) in [6.45, 7) is 2.05.